The Labute approximate surface area is 105 Å². The number of carbonyl (C=O) groups is 1. The van der Waals surface area contributed by atoms with Gasteiger partial charge in [-0.2, -0.15) is 5.10 Å². The molecule has 0 aliphatic rings. The van der Waals surface area contributed by atoms with Crippen molar-refractivity contribution in [1.29, 1.82) is 0 Å². The predicted molar refractivity (Wildman–Crippen MR) is 64.1 cm³/mol. The van der Waals surface area contributed by atoms with Crippen LogP contribution in [-0.2, 0) is 4.79 Å². The monoisotopic (exact) mass is 257 g/mol. The summed E-state index contributed by atoms with van der Waals surface area (Å²) in [5.74, 6) is -1.00. The molecule has 0 radical (unpaired) electrons. The van der Waals surface area contributed by atoms with Crippen LogP contribution in [0.25, 0.3) is 0 Å². The molecular weight excluding hydrogens is 238 g/mol. The molecule has 102 valence electrons. The number of carboxylic acids is 1. The predicted octanol–water partition coefficient (Wildman–Crippen LogP) is -0.467. The number of aliphatic carboxylic acids is 1. The molecule has 0 aromatic carbocycles. The number of hydrogen-bond donors (Lipinski definition) is 4. The third-order valence-electron chi connectivity index (χ3n) is 2.77. The molecule has 2 unspecified atom stereocenters. The molecule has 0 saturated carbocycles. The van der Waals surface area contributed by atoms with E-state index in [0.717, 1.165) is 0 Å². The first-order valence-corrected chi connectivity index (χ1v) is 5.75. The van der Waals surface area contributed by atoms with Gasteiger partial charge in [0, 0.05) is 11.8 Å². The number of nitrogens with zero attached hydrogens (tertiary/aromatic N) is 2. The van der Waals surface area contributed by atoms with Gasteiger partial charge in [-0.1, -0.05) is 0 Å². The van der Waals surface area contributed by atoms with Crippen molar-refractivity contribution in [3.63, 3.8) is 0 Å². The van der Waals surface area contributed by atoms with E-state index in [1.54, 1.807) is 7.05 Å². The zero-order valence-electron chi connectivity index (χ0n) is 10.4. The average molecular weight is 257 g/mol. The minimum absolute atomic E-state index is 0.400. The van der Waals surface area contributed by atoms with Crippen LogP contribution in [0.15, 0.2) is 12.4 Å². The van der Waals surface area contributed by atoms with Gasteiger partial charge in [0.05, 0.1) is 12.3 Å². The summed E-state index contributed by atoms with van der Waals surface area (Å²) < 4.78 is 1.24. The van der Waals surface area contributed by atoms with E-state index in [9.17, 15) is 15.0 Å². The summed E-state index contributed by atoms with van der Waals surface area (Å²) in [6, 6.07) is -0.805. The highest BCUT2D eigenvalue weighted by atomic mass is 16.4. The number of hydrogen-bond acceptors (Lipinski definition) is 5. The molecule has 7 heteroatoms. The molecule has 0 aliphatic carbocycles. The van der Waals surface area contributed by atoms with Gasteiger partial charge in [0.15, 0.2) is 0 Å². The highest BCUT2D eigenvalue weighted by Crippen LogP contribution is 2.19. The zero-order chi connectivity index (χ0) is 13.7. The Morgan fingerprint density at radius 2 is 2.22 bits per heavy atom. The topological polar surface area (TPSA) is 108 Å². The quantitative estimate of drug-likeness (QED) is 0.526. The van der Waals surface area contributed by atoms with Crippen LogP contribution >= 0.6 is 0 Å². The highest BCUT2D eigenvalue weighted by molar-refractivity contribution is 5.71. The van der Waals surface area contributed by atoms with E-state index in [0.29, 0.717) is 18.5 Å². The lowest BCUT2D eigenvalue weighted by atomic mass is 10.1. The van der Waals surface area contributed by atoms with Crippen LogP contribution in [0.4, 0.5) is 0 Å². The van der Waals surface area contributed by atoms with Gasteiger partial charge in [0.1, 0.15) is 12.1 Å². The van der Waals surface area contributed by atoms with Crippen molar-refractivity contribution in [3.05, 3.63) is 18.0 Å². The van der Waals surface area contributed by atoms with Crippen molar-refractivity contribution in [2.75, 3.05) is 13.6 Å². The van der Waals surface area contributed by atoms with Crippen LogP contribution in [-0.4, -0.2) is 50.8 Å². The third kappa shape index (κ3) is 3.52. The number of carboxylic acid groups (broad SMARTS) is 1. The molecule has 1 heterocycles. The van der Waals surface area contributed by atoms with Gasteiger partial charge >= 0.3 is 5.97 Å². The molecule has 1 aromatic heterocycles. The Hall–Kier alpha value is -1.44. The lowest BCUT2D eigenvalue weighted by Crippen LogP contribution is -2.23. The number of aliphatic hydroxyl groups is 2. The van der Waals surface area contributed by atoms with Crippen LogP contribution in [0, 0.1) is 0 Å². The maximum Gasteiger partial charge on any atom is 0.328 e. The first kappa shape index (κ1) is 14.6. The number of aromatic nitrogens is 2. The number of rotatable bonds is 7. The molecule has 0 saturated heterocycles. The minimum atomic E-state index is -1.06. The third-order valence-corrected chi connectivity index (χ3v) is 2.77. The second-order valence-corrected chi connectivity index (χ2v) is 4.17. The van der Waals surface area contributed by atoms with Crippen LogP contribution in [0.3, 0.4) is 0 Å². The Bertz CT molecular complexity index is 393. The van der Waals surface area contributed by atoms with Gasteiger partial charge in [-0.15, -0.1) is 0 Å². The molecule has 0 bridgehead atoms. The molecule has 0 spiro atoms. The number of nitrogens with one attached hydrogen (secondary N) is 1. The van der Waals surface area contributed by atoms with E-state index in [4.69, 9.17) is 5.11 Å². The van der Waals surface area contributed by atoms with E-state index in [1.165, 1.54) is 24.0 Å². The molecule has 4 N–H and O–H groups in total. The van der Waals surface area contributed by atoms with Crippen LogP contribution in [0.5, 0.6) is 0 Å². The largest absolute Gasteiger partial charge is 0.480 e. The smallest absolute Gasteiger partial charge is 0.328 e. The summed E-state index contributed by atoms with van der Waals surface area (Å²) in [6.07, 6.45) is 1.24. The molecule has 0 fully saturated rings. The van der Waals surface area contributed by atoms with Gasteiger partial charge < -0.3 is 20.6 Å². The summed E-state index contributed by atoms with van der Waals surface area (Å²) in [5.41, 5.74) is 0.409. The Balaban J connectivity index is 2.69. The molecule has 1 aromatic rings. The van der Waals surface area contributed by atoms with E-state index < -0.39 is 24.2 Å². The van der Waals surface area contributed by atoms with Crippen molar-refractivity contribution < 1.29 is 20.1 Å². The Morgan fingerprint density at radius 3 is 2.78 bits per heavy atom. The van der Waals surface area contributed by atoms with Crippen molar-refractivity contribution >= 4 is 5.97 Å². The van der Waals surface area contributed by atoms with Crippen LogP contribution in [0.2, 0.25) is 0 Å². The molecular formula is C11H19N3O4. The normalized spacial score (nSPS) is 16.2. The van der Waals surface area contributed by atoms with Gasteiger partial charge in [0.2, 0.25) is 0 Å². The maximum absolute atomic E-state index is 10.8. The molecule has 1 rings (SSSR count). The highest BCUT2D eigenvalue weighted by Gasteiger charge is 2.21. The van der Waals surface area contributed by atoms with E-state index in [1.807, 2.05) is 0 Å². The van der Waals surface area contributed by atoms with Crippen molar-refractivity contribution in [2.45, 2.75) is 31.6 Å². The van der Waals surface area contributed by atoms with Gasteiger partial charge in [-0.05, 0) is 26.9 Å². The second kappa shape index (κ2) is 6.48. The Morgan fingerprint density at radius 1 is 1.56 bits per heavy atom. The van der Waals surface area contributed by atoms with Crippen molar-refractivity contribution in [3.8, 4) is 0 Å². The van der Waals surface area contributed by atoms with Gasteiger partial charge in [-0.25, -0.2) is 4.79 Å². The average Bonchev–Trinajstić information content (AvgIpc) is 2.83. The Kier molecular flexibility index (Phi) is 5.26. The molecule has 3 atom stereocenters. The fourth-order valence-corrected chi connectivity index (χ4v) is 1.50. The zero-order valence-corrected chi connectivity index (χ0v) is 10.4. The summed E-state index contributed by atoms with van der Waals surface area (Å²) in [4.78, 5) is 10.8. The minimum Gasteiger partial charge on any atom is -0.480 e. The standard InChI is InChI=1S/C11H19N3O4/c1-7(11(17)18)14-6-8(5-13-14)10(16)9(15)3-4-12-2/h5-7,9-10,12,15-16H,3-4H2,1-2H3,(H,17,18)/t7-,9?,10?/m0/s1. The fraction of sp³-hybridized carbons (Fsp3) is 0.636. The lowest BCUT2D eigenvalue weighted by molar-refractivity contribution is -0.140. The SMILES string of the molecule is CNCCC(O)C(O)c1cnn([C@@H](C)C(=O)O)c1. The van der Waals surface area contributed by atoms with Gasteiger partial charge in [0.25, 0.3) is 0 Å². The van der Waals surface area contributed by atoms with Gasteiger partial charge in [-0.3, -0.25) is 4.68 Å². The summed E-state index contributed by atoms with van der Waals surface area (Å²) in [5, 5.41) is 35.2. The molecule has 0 amide bonds. The number of aliphatic hydroxyl groups excluding tert-OH is 2. The summed E-state index contributed by atoms with van der Waals surface area (Å²) in [7, 11) is 1.76. The second-order valence-electron chi connectivity index (χ2n) is 4.17. The van der Waals surface area contributed by atoms with E-state index >= 15 is 0 Å². The summed E-state index contributed by atoms with van der Waals surface area (Å²) >= 11 is 0. The van der Waals surface area contributed by atoms with Crippen molar-refractivity contribution in [1.82, 2.24) is 15.1 Å². The maximum atomic E-state index is 10.8. The molecule has 7 nitrogen and oxygen atoms in total. The lowest BCUT2D eigenvalue weighted by Gasteiger charge is -2.16. The first-order chi connectivity index (χ1) is 8.47. The van der Waals surface area contributed by atoms with E-state index in [2.05, 4.69) is 10.4 Å². The fourth-order valence-electron chi connectivity index (χ4n) is 1.50. The van der Waals surface area contributed by atoms with Crippen LogP contribution < -0.4 is 5.32 Å². The summed E-state index contributed by atoms with van der Waals surface area (Å²) in [6.45, 7) is 2.07. The molecule has 18 heavy (non-hydrogen) atoms. The first-order valence-electron chi connectivity index (χ1n) is 5.75. The molecule has 0 aliphatic heterocycles. The van der Waals surface area contributed by atoms with E-state index in [-0.39, 0.29) is 0 Å². The van der Waals surface area contributed by atoms with Crippen molar-refractivity contribution in [2.24, 2.45) is 0 Å². The van der Waals surface area contributed by atoms with Crippen LogP contribution in [0.1, 0.15) is 31.1 Å².